The molecule has 0 spiro atoms. The van der Waals surface area contributed by atoms with E-state index in [1.54, 1.807) is 10.8 Å². The smallest absolute Gasteiger partial charge is 0.335 e. The molecule has 0 bridgehead atoms. The number of ether oxygens (including phenoxy) is 1. The van der Waals surface area contributed by atoms with Gasteiger partial charge >= 0.3 is 11.7 Å². The molecular weight excluding hydrogens is 452 g/mol. The topological polar surface area (TPSA) is 70.3 Å². The molecule has 1 aliphatic rings. The summed E-state index contributed by atoms with van der Waals surface area (Å²) in [6.07, 6.45) is 5.72. The maximum absolute atomic E-state index is 13.3. The van der Waals surface area contributed by atoms with Crippen molar-refractivity contribution in [1.29, 1.82) is 0 Å². The fourth-order valence-electron chi connectivity index (χ4n) is 5.21. The Kier molecular flexibility index (Phi) is 7.92. The molecule has 0 N–H and O–H groups in total. The SMILES string of the molecule is CC1CC(C)(C(=O)OCCCCCCn2c(=O)c(-c3ccccc3)cn(-c3ccccc3)c2=O)C1C. The van der Waals surface area contributed by atoms with Crippen LogP contribution in [0.1, 0.15) is 52.9 Å². The van der Waals surface area contributed by atoms with Crippen LogP contribution in [0.5, 0.6) is 0 Å². The minimum absolute atomic E-state index is 0.0844. The van der Waals surface area contributed by atoms with Gasteiger partial charge in [-0.1, -0.05) is 68.8 Å². The monoisotopic (exact) mass is 488 g/mol. The molecule has 0 saturated heterocycles. The first-order chi connectivity index (χ1) is 17.3. The van der Waals surface area contributed by atoms with E-state index in [1.165, 1.54) is 4.57 Å². The van der Waals surface area contributed by atoms with Gasteiger partial charge in [-0.25, -0.2) is 4.79 Å². The molecule has 1 fully saturated rings. The predicted octanol–water partition coefficient (Wildman–Crippen LogP) is 5.45. The van der Waals surface area contributed by atoms with Crippen LogP contribution in [0.3, 0.4) is 0 Å². The number of esters is 1. The van der Waals surface area contributed by atoms with E-state index in [0.29, 0.717) is 37.0 Å². The van der Waals surface area contributed by atoms with Gasteiger partial charge in [0.05, 0.1) is 23.3 Å². The van der Waals surface area contributed by atoms with Crippen molar-refractivity contribution in [3.05, 3.63) is 87.7 Å². The fraction of sp³-hybridized carbons (Fsp3) is 0.433. The van der Waals surface area contributed by atoms with Gasteiger partial charge in [-0.3, -0.25) is 18.7 Å². The van der Waals surface area contributed by atoms with Gasteiger partial charge in [0.25, 0.3) is 5.56 Å². The van der Waals surface area contributed by atoms with Crippen molar-refractivity contribution in [3.8, 4) is 16.8 Å². The van der Waals surface area contributed by atoms with Gasteiger partial charge in [-0.05, 0) is 62.1 Å². The minimum Gasteiger partial charge on any atom is -0.465 e. The highest BCUT2D eigenvalue weighted by atomic mass is 16.5. The number of carbonyl (C=O) groups is 1. The average molecular weight is 489 g/mol. The van der Waals surface area contributed by atoms with Gasteiger partial charge in [-0.2, -0.15) is 0 Å². The van der Waals surface area contributed by atoms with E-state index in [-0.39, 0.29) is 22.6 Å². The third kappa shape index (κ3) is 5.23. The van der Waals surface area contributed by atoms with Crippen LogP contribution in [0.15, 0.2) is 76.4 Å². The number of hydrogen-bond acceptors (Lipinski definition) is 4. The molecule has 190 valence electrons. The van der Waals surface area contributed by atoms with Crippen molar-refractivity contribution in [2.24, 2.45) is 17.3 Å². The summed E-state index contributed by atoms with van der Waals surface area (Å²) in [4.78, 5) is 39.0. The fourth-order valence-corrected chi connectivity index (χ4v) is 5.21. The van der Waals surface area contributed by atoms with E-state index in [4.69, 9.17) is 4.74 Å². The predicted molar refractivity (Wildman–Crippen MR) is 142 cm³/mol. The van der Waals surface area contributed by atoms with Crippen LogP contribution in [0.2, 0.25) is 0 Å². The average Bonchev–Trinajstić information content (AvgIpc) is 2.90. The Morgan fingerprint density at radius 2 is 1.58 bits per heavy atom. The summed E-state index contributed by atoms with van der Waals surface area (Å²) >= 11 is 0. The number of rotatable bonds is 10. The van der Waals surface area contributed by atoms with E-state index in [9.17, 15) is 14.4 Å². The van der Waals surface area contributed by atoms with Gasteiger partial charge in [0.2, 0.25) is 0 Å². The number of unbranched alkanes of at least 4 members (excludes halogenated alkanes) is 3. The van der Waals surface area contributed by atoms with Gasteiger partial charge in [0.15, 0.2) is 0 Å². The van der Waals surface area contributed by atoms with E-state index in [1.807, 2.05) is 67.6 Å². The zero-order valence-electron chi connectivity index (χ0n) is 21.5. The summed E-state index contributed by atoms with van der Waals surface area (Å²) < 4.78 is 8.44. The lowest BCUT2D eigenvalue weighted by Gasteiger charge is -2.48. The Morgan fingerprint density at radius 1 is 0.944 bits per heavy atom. The molecule has 3 unspecified atom stereocenters. The lowest BCUT2D eigenvalue weighted by Crippen LogP contribution is -2.49. The quantitative estimate of drug-likeness (QED) is 0.281. The van der Waals surface area contributed by atoms with Crippen LogP contribution in [0, 0.1) is 17.3 Å². The molecule has 0 radical (unpaired) electrons. The molecule has 1 heterocycles. The number of nitrogens with zero attached hydrogens (tertiary/aromatic N) is 2. The molecule has 0 amide bonds. The van der Waals surface area contributed by atoms with Crippen molar-refractivity contribution >= 4 is 5.97 Å². The largest absolute Gasteiger partial charge is 0.465 e. The second-order valence-electron chi connectivity index (χ2n) is 10.3. The third-order valence-electron chi connectivity index (χ3n) is 7.87. The van der Waals surface area contributed by atoms with Crippen molar-refractivity contribution in [2.45, 2.75) is 59.4 Å². The van der Waals surface area contributed by atoms with Crippen molar-refractivity contribution < 1.29 is 9.53 Å². The minimum atomic E-state index is -0.344. The van der Waals surface area contributed by atoms with E-state index < -0.39 is 0 Å². The number of aromatic nitrogens is 2. The lowest BCUT2D eigenvalue weighted by atomic mass is 9.56. The number of hydrogen-bond donors (Lipinski definition) is 0. The molecule has 3 aromatic rings. The maximum Gasteiger partial charge on any atom is 0.335 e. The summed E-state index contributed by atoms with van der Waals surface area (Å²) in [5.74, 6) is 0.839. The summed E-state index contributed by atoms with van der Waals surface area (Å²) in [7, 11) is 0. The lowest BCUT2D eigenvalue weighted by molar-refractivity contribution is -0.170. The van der Waals surface area contributed by atoms with E-state index in [2.05, 4.69) is 13.8 Å². The first kappa shape index (κ1) is 25.7. The van der Waals surface area contributed by atoms with Crippen molar-refractivity contribution in [3.63, 3.8) is 0 Å². The normalized spacial score (nSPS) is 21.1. The molecule has 6 nitrogen and oxygen atoms in total. The second kappa shape index (κ2) is 11.1. The van der Waals surface area contributed by atoms with Gasteiger partial charge in [0.1, 0.15) is 0 Å². The molecule has 3 atom stereocenters. The Labute approximate surface area is 212 Å². The Hall–Kier alpha value is -3.41. The van der Waals surface area contributed by atoms with Crippen molar-refractivity contribution in [2.75, 3.05) is 6.61 Å². The number of carbonyl (C=O) groups excluding carboxylic acids is 1. The molecular formula is C30H36N2O4. The van der Waals surface area contributed by atoms with Crippen LogP contribution in [-0.2, 0) is 16.1 Å². The zero-order chi connectivity index (χ0) is 25.7. The molecule has 1 aromatic heterocycles. The van der Waals surface area contributed by atoms with Gasteiger partial charge < -0.3 is 4.74 Å². The molecule has 4 rings (SSSR count). The molecule has 0 aliphatic heterocycles. The molecule has 36 heavy (non-hydrogen) atoms. The standard InChI is InChI=1S/C30H36N2O4/c1-22-20-30(3,23(22)2)28(34)36-19-13-5-4-12-18-31-27(33)26(24-14-8-6-9-15-24)21-32(29(31)35)25-16-10-7-11-17-25/h6-11,14-17,21-23H,4-5,12-13,18-20H2,1-3H3. The summed E-state index contributed by atoms with van der Waals surface area (Å²) in [5, 5.41) is 0. The zero-order valence-corrected chi connectivity index (χ0v) is 21.5. The number of benzene rings is 2. The van der Waals surface area contributed by atoms with Gasteiger partial charge in [-0.15, -0.1) is 0 Å². The van der Waals surface area contributed by atoms with Crippen LogP contribution in [-0.4, -0.2) is 21.7 Å². The van der Waals surface area contributed by atoms with Crippen LogP contribution >= 0.6 is 0 Å². The van der Waals surface area contributed by atoms with Crippen LogP contribution in [0.4, 0.5) is 0 Å². The first-order valence-electron chi connectivity index (χ1n) is 13.0. The van der Waals surface area contributed by atoms with E-state index in [0.717, 1.165) is 36.9 Å². The Bertz CT molecular complexity index is 1220. The highest BCUT2D eigenvalue weighted by Gasteiger charge is 2.51. The highest BCUT2D eigenvalue weighted by Crippen LogP contribution is 2.51. The molecule has 1 saturated carbocycles. The second-order valence-corrected chi connectivity index (χ2v) is 10.3. The van der Waals surface area contributed by atoms with Crippen molar-refractivity contribution in [1.82, 2.24) is 9.13 Å². The maximum atomic E-state index is 13.3. The Morgan fingerprint density at radius 3 is 2.22 bits per heavy atom. The van der Waals surface area contributed by atoms with Crippen LogP contribution in [0.25, 0.3) is 16.8 Å². The molecule has 2 aromatic carbocycles. The Balaban J connectivity index is 1.38. The summed E-state index contributed by atoms with van der Waals surface area (Å²) in [6.45, 7) is 7.06. The summed E-state index contributed by atoms with van der Waals surface area (Å²) in [6, 6.07) is 18.8. The first-order valence-corrected chi connectivity index (χ1v) is 13.0. The van der Waals surface area contributed by atoms with Gasteiger partial charge in [0, 0.05) is 12.7 Å². The molecule has 1 aliphatic carbocycles. The number of para-hydroxylation sites is 1. The van der Waals surface area contributed by atoms with E-state index >= 15 is 0 Å². The van der Waals surface area contributed by atoms with Crippen LogP contribution < -0.4 is 11.2 Å². The summed E-state index contributed by atoms with van der Waals surface area (Å²) in [5.41, 5.74) is 1.05. The highest BCUT2D eigenvalue weighted by molar-refractivity contribution is 5.78. The molecule has 6 heteroatoms. The third-order valence-corrected chi connectivity index (χ3v) is 7.87.